The number of benzene rings is 2. The Kier molecular flexibility index (Phi) is 9.46. The molecule has 0 aliphatic carbocycles. The minimum atomic E-state index is -1.01. The van der Waals surface area contributed by atoms with E-state index in [4.69, 9.17) is 9.47 Å². The fraction of sp³-hybridized carbons (Fsp3) is 0.429. The van der Waals surface area contributed by atoms with Crippen molar-refractivity contribution in [2.45, 2.75) is 51.0 Å². The molecule has 1 fully saturated rings. The molecule has 1 aliphatic heterocycles. The third-order valence-corrected chi connectivity index (χ3v) is 5.67. The minimum Gasteiger partial charge on any atom is -0.444 e. The molecule has 10 nitrogen and oxygen atoms in total. The number of amides is 4. The molecule has 38 heavy (non-hydrogen) atoms. The zero-order valence-corrected chi connectivity index (χ0v) is 22.5. The van der Waals surface area contributed by atoms with Crippen molar-refractivity contribution in [2.24, 2.45) is 0 Å². The maximum absolute atomic E-state index is 13.3. The van der Waals surface area contributed by atoms with E-state index in [2.05, 4.69) is 10.6 Å². The van der Waals surface area contributed by atoms with E-state index in [0.29, 0.717) is 12.1 Å². The van der Waals surface area contributed by atoms with E-state index < -0.39 is 41.8 Å². The van der Waals surface area contributed by atoms with Gasteiger partial charge in [0, 0.05) is 39.3 Å². The quantitative estimate of drug-likeness (QED) is 0.460. The Labute approximate surface area is 223 Å². The number of nitrogens with zero attached hydrogens (tertiary/aromatic N) is 2. The Hall–Kier alpha value is -3.92. The van der Waals surface area contributed by atoms with Crippen LogP contribution in [0.2, 0.25) is 0 Å². The Morgan fingerprint density at radius 1 is 0.947 bits per heavy atom. The van der Waals surface area contributed by atoms with Crippen LogP contribution in [0.5, 0.6) is 0 Å². The minimum absolute atomic E-state index is 0.135. The van der Waals surface area contributed by atoms with Gasteiger partial charge in [-0.05, 0) is 38.5 Å². The molecule has 3 atom stereocenters. The van der Waals surface area contributed by atoms with Crippen LogP contribution in [0.1, 0.15) is 26.3 Å². The third-order valence-electron chi connectivity index (χ3n) is 5.67. The van der Waals surface area contributed by atoms with Gasteiger partial charge in [0.1, 0.15) is 11.6 Å². The smallest absolute Gasteiger partial charge is 0.407 e. The van der Waals surface area contributed by atoms with Crippen LogP contribution in [0, 0.1) is 0 Å². The van der Waals surface area contributed by atoms with Gasteiger partial charge in [-0.3, -0.25) is 14.4 Å². The summed E-state index contributed by atoms with van der Waals surface area (Å²) < 4.78 is 10.7. The molecule has 0 spiro atoms. The SMILES string of the molecule is CN(C)C(=O)[C@H](Cc1ccccc1)NC(=O)C1OC1C(=O)N(CCNC(=O)OC(C)(C)C)c1ccccc1. The third kappa shape index (κ3) is 8.31. The van der Waals surface area contributed by atoms with Crippen molar-refractivity contribution in [3.05, 3.63) is 66.2 Å². The monoisotopic (exact) mass is 524 g/mol. The second-order valence-electron chi connectivity index (χ2n) is 10.2. The maximum atomic E-state index is 13.3. The van der Waals surface area contributed by atoms with Gasteiger partial charge in [-0.15, -0.1) is 0 Å². The molecular formula is C28H36N4O6. The lowest BCUT2D eigenvalue weighted by atomic mass is 10.0. The lowest BCUT2D eigenvalue weighted by Gasteiger charge is -2.24. The van der Waals surface area contributed by atoms with Crippen LogP contribution >= 0.6 is 0 Å². The highest BCUT2D eigenvalue weighted by Crippen LogP contribution is 2.27. The first-order valence-corrected chi connectivity index (χ1v) is 12.5. The van der Waals surface area contributed by atoms with Crippen LogP contribution in [0.4, 0.5) is 10.5 Å². The van der Waals surface area contributed by atoms with E-state index in [1.165, 1.54) is 9.80 Å². The van der Waals surface area contributed by atoms with Gasteiger partial charge in [-0.2, -0.15) is 0 Å². The number of rotatable bonds is 10. The molecule has 1 aliphatic rings. The second-order valence-corrected chi connectivity index (χ2v) is 10.2. The second kappa shape index (κ2) is 12.6. The van der Waals surface area contributed by atoms with E-state index in [9.17, 15) is 19.2 Å². The first-order valence-electron chi connectivity index (χ1n) is 12.5. The van der Waals surface area contributed by atoms with Gasteiger partial charge >= 0.3 is 6.09 Å². The topological polar surface area (TPSA) is 121 Å². The number of nitrogens with one attached hydrogen (secondary N) is 2. The van der Waals surface area contributed by atoms with Gasteiger partial charge in [0.15, 0.2) is 12.2 Å². The summed E-state index contributed by atoms with van der Waals surface area (Å²) in [4.78, 5) is 54.0. The van der Waals surface area contributed by atoms with Crippen LogP contribution in [-0.4, -0.2) is 79.8 Å². The summed E-state index contributed by atoms with van der Waals surface area (Å²) in [6.07, 6.45) is -2.29. The van der Waals surface area contributed by atoms with Crippen molar-refractivity contribution in [3.8, 4) is 0 Å². The number of hydrogen-bond donors (Lipinski definition) is 2. The number of anilines is 1. The summed E-state index contributed by atoms with van der Waals surface area (Å²) in [6, 6.07) is 17.5. The highest BCUT2D eigenvalue weighted by Gasteiger charge is 2.52. The van der Waals surface area contributed by atoms with Gasteiger partial charge in [0.25, 0.3) is 11.8 Å². The molecular weight excluding hydrogens is 488 g/mol. The molecule has 204 valence electrons. The van der Waals surface area contributed by atoms with Crippen molar-refractivity contribution in [2.75, 3.05) is 32.1 Å². The molecule has 1 saturated heterocycles. The zero-order chi connectivity index (χ0) is 27.9. The molecule has 0 aromatic heterocycles. The van der Waals surface area contributed by atoms with Gasteiger partial charge in [0.2, 0.25) is 5.91 Å². The summed E-state index contributed by atoms with van der Waals surface area (Å²) in [6.45, 7) is 5.57. The lowest BCUT2D eigenvalue weighted by Crippen LogP contribution is -2.49. The predicted octanol–water partition coefficient (Wildman–Crippen LogP) is 2.13. The van der Waals surface area contributed by atoms with E-state index in [-0.39, 0.29) is 19.0 Å². The number of epoxide rings is 1. The van der Waals surface area contributed by atoms with Crippen molar-refractivity contribution >= 4 is 29.5 Å². The van der Waals surface area contributed by atoms with Gasteiger partial charge in [0.05, 0.1) is 0 Å². The lowest BCUT2D eigenvalue weighted by molar-refractivity contribution is -0.134. The fourth-order valence-corrected chi connectivity index (χ4v) is 3.83. The average Bonchev–Trinajstić information content (AvgIpc) is 3.67. The predicted molar refractivity (Wildman–Crippen MR) is 142 cm³/mol. The number of hydrogen-bond acceptors (Lipinski definition) is 6. The molecule has 0 saturated carbocycles. The van der Waals surface area contributed by atoms with Crippen LogP contribution in [0.15, 0.2) is 60.7 Å². The number of likely N-dealkylation sites (N-methyl/N-ethyl adjacent to an activating group) is 1. The summed E-state index contributed by atoms with van der Waals surface area (Å²) in [5.74, 6) is -1.20. The number of ether oxygens (including phenoxy) is 2. The summed E-state index contributed by atoms with van der Waals surface area (Å²) in [5.41, 5.74) is 0.848. The molecule has 0 radical (unpaired) electrons. The van der Waals surface area contributed by atoms with E-state index in [1.807, 2.05) is 36.4 Å². The Balaban J connectivity index is 1.64. The van der Waals surface area contributed by atoms with E-state index >= 15 is 0 Å². The standard InChI is InChI=1S/C28H36N4O6/c1-28(2,3)38-27(36)29-16-17-32(20-14-10-7-11-15-20)26(35)23-22(37-23)24(33)30-21(25(34)31(4)5)18-19-12-8-6-9-13-19/h6-15,21-23H,16-18H2,1-5H3,(H,29,36)(H,30,33)/t21-,22?,23?/m0/s1. The van der Waals surface area contributed by atoms with E-state index in [1.54, 1.807) is 59.1 Å². The van der Waals surface area contributed by atoms with Gasteiger partial charge in [-0.1, -0.05) is 48.5 Å². The molecule has 0 bridgehead atoms. The van der Waals surface area contributed by atoms with Crippen molar-refractivity contribution in [1.82, 2.24) is 15.5 Å². The molecule has 2 aromatic carbocycles. The molecule has 1 heterocycles. The number of carbonyl (C=O) groups is 4. The molecule has 3 rings (SSSR count). The highest BCUT2D eigenvalue weighted by molar-refractivity contribution is 6.04. The summed E-state index contributed by atoms with van der Waals surface area (Å²) in [7, 11) is 3.24. The number of alkyl carbamates (subject to hydrolysis) is 1. The van der Waals surface area contributed by atoms with Crippen LogP contribution in [0.3, 0.4) is 0 Å². The Morgan fingerprint density at radius 3 is 2.13 bits per heavy atom. The Bertz CT molecular complexity index is 1120. The molecule has 2 N–H and O–H groups in total. The van der Waals surface area contributed by atoms with E-state index in [0.717, 1.165) is 5.56 Å². The van der Waals surface area contributed by atoms with Crippen LogP contribution in [-0.2, 0) is 30.3 Å². The van der Waals surface area contributed by atoms with Gasteiger partial charge < -0.3 is 29.9 Å². The molecule has 10 heteroatoms. The average molecular weight is 525 g/mol. The van der Waals surface area contributed by atoms with Crippen molar-refractivity contribution < 1.29 is 28.7 Å². The summed E-state index contributed by atoms with van der Waals surface area (Å²) >= 11 is 0. The van der Waals surface area contributed by atoms with Crippen LogP contribution in [0.25, 0.3) is 0 Å². The normalized spacial score (nSPS) is 17.1. The number of carbonyl (C=O) groups excluding carboxylic acids is 4. The Morgan fingerprint density at radius 2 is 1.55 bits per heavy atom. The highest BCUT2D eigenvalue weighted by atomic mass is 16.6. The van der Waals surface area contributed by atoms with Crippen molar-refractivity contribution in [3.63, 3.8) is 0 Å². The first-order chi connectivity index (χ1) is 18.0. The number of para-hydroxylation sites is 1. The van der Waals surface area contributed by atoms with Crippen molar-refractivity contribution in [1.29, 1.82) is 0 Å². The molecule has 4 amide bonds. The largest absolute Gasteiger partial charge is 0.444 e. The zero-order valence-electron chi connectivity index (χ0n) is 22.5. The maximum Gasteiger partial charge on any atom is 0.407 e. The summed E-state index contributed by atoms with van der Waals surface area (Å²) in [5, 5.41) is 5.40. The molecule has 2 aromatic rings. The molecule has 2 unspecified atom stereocenters. The first kappa shape index (κ1) is 28.6. The van der Waals surface area contributed by atoms with Gasteiger partial charge in [-0.25, -0.2) is 4.79 Å². The van der Waals surface area contributed by atoms with Crippen LogP contribution < -0.4 is 15.5 Å². The fourth-order valence-electron chi connectivity index (χ4n) is 3.83.